The number of hydrogen-bond acceptors (Lipinski definition) is 10. The standard InChI is InChI=1S/C43H47ClF2N6O6S/c1-43(2)25-35(28-7-9-30(44)10-8-28)29(27-57-43)26-50-19-21-51(22-20-50)32-11-13-34(40(23-32)58-39-6-4-5-36(45)41(39)46)42(53)48-59(56)33-12-14-37(38(24-33)52(54)55)47-31-15-17-49(3)18-16-31/h4-14,23-24,31,47H,15-22,25-27H2,1-3H3,(H,48,53). The highest BCUT2D eigenvalue weighted by Crippen LogP contribution is 2.37. The number of carbonyl (C=O) groups excluding carboxylic acids is 1. The van der Waals surface area contributed by atoms with E-state index in [9.17, 15) is 28.2 Å². The van der Waals surface area contributed by atoms with Crippen LogP contribution in [0.1, 0.15) is 49.0 Å². The van der Waals surface area contributed by atoms with Gasteiger partial charge in [-0.1, -0.05) is 29.8 Å². The Balaban J connectivity index is 1.07. The summed E-state index contributed by atoms with van der Waals surface area (Å²) in [5.74, 6) is -3.73. The predicted octanol–water partition coefficient (Wildman–Crippen LogP) is 8.05. The second kappa shape index (κ2) is 18.2. The van der Waals surface area contributed by atoms with Crippen molar-refractivity contribution >= 4 is 51.5 Å². The molecule has 0 spiro atoms. The largest absolute Gasteiger partial charge is 0.588 e. The minimum atomic E-state index is -2.22. The first kappa shape index (κ1) is 42.4. The number of nitrogens with one attached hydrogen (secondary N) is 2. The summed E-state index contributed by atoms with van der Waals surface area (Å²) in [5, 5.41) is 16.0. The first-order valence-electron chi connectivity index (χ1n) is 19.5. The summed E-state index contributed by atoms with van der Waals surface area (Å²) in [6.45, 7) is 9.84. The van der Waals surface area contributed by atoms with E-state index in [0.717, 1.165) is 63.6 Å². The molecular formula is C43H47ClF2N6O6S. The van der Waals surface area contributed by atoms with Gasteiger partial charge in [-0.25, -0.2) is 4.39 Å². The molecule has 3 heterocycles. The minimum absolute atomic E-state index is 0.00617. The fourth-order valence-corrected chi connectivity index (χ4v) is 8.57. The van der Waals surface area contributed by atoms with Crippen LogP contribution >= 0.6 is 11.6 Å². The number of halogens is 3. The van der Waals surface area contributed by atoms with Crippen molar-refractivity contribution in [3.63, 3.8) is 0 Å². The molecule has 0 aromatic heterocycles. The fraction of sp³-hybridized carbons (Fsp3) is 0.372. The summed E-state index contributed by atoms with van der Waals surface area (Å²) >= 11 is 3.97. The molecule has 0 radical (unpaired) electrons. The van der Waals surface area contributed by atoms with Gasteiger partial charge in [0.1, 0.15) is 22.8 Å². The molecule has 1 atom stereocenters. The third-order valence-electron chi connectivity index (χ3n) is 11.0. The Morgan fingerprint density at radius 2 is 1.71 bits per heavy atom. The van der Waals surface area contributed by atoms with E-state index in [1.54, 1.807) is 12.1 Å². The first-order chi connectivity index (χ1) is 28.2. The van der Waals surface area contributed by atoms with E-state index in [-0.39, 0.29) is 33.5 Å². The third-order valence-corrected chi connectivity index (χ3v) is 12.3. The van der Waals surface area contributed by atoms with Gasteiger partial charge in [-0.05, 0) is 112 Å². The maximum Gasteiger partial charge on any atom is 0.297 e. The number of likely N-dealkylation sites (tertiary alicyclic amines) is 1. The normalized spacial score (nSPS) is 18.4. The van der Waals surface area contributed by atoms with Crippen LogP contribution in [-0.4, -0.2) is 96.3 Å². The maximum absolute atomic E-state index is 14.9. The van der Waals surface area contributed by atoms with Gasteiger partial charge in [0.05, 0.1) is 28.8 Å². The van der Waals surface area contributed by atoms with E-state index in [0.29, 0.717) is 36.1 Å². The molecule has 2 saturated heterocycles. The molecule has 312 valence electrons. The molecule has 4 aromatic rings. The van der Waals surface area contributed by atoms with Crippen LogP contribution in [0.2, 0.25) is 5.02 Å². The SMILES string of the molecule is CN1CCC(Nc2ccc([S+]([O-])NC(=O)c3ccc(N4CCN(CC5=C(c6ccc(Cl)cc6)CC(C)(C)OC5)CC4)cc3Oc3cccc(F)c3F)cc2[N+](=O)[O-])CC1. The molecule has 2 N–H and O–H groups in total. The van der Waals surface area contributed by atoms with Gasteiger partial charge in [0.25, 0.3) is 11.6 Å². The molecule has 3 aliphatic rings. The maximum atomic E-state index is 14.9. The fourth-order valence-electron chi connectivity index (χ4n) is 7.64. The predicted molar refractivity (Wildman–Crippen MR) is 226 cm³/mol. The molecule has 1 amide bonds. The lowest BCUT2D eigenvalue weighted by atomic mass is 9.87. The second-order valence-electron chi connectivity index (χ2n) is 15.8. The number of ether oxygens (including phenoxy) is 2. The van der Waals surface area contributed by atoms with E-state index in [1.165, 1.54) is 47.5 Å². The van der Waals surface area contributed by atoms with Gasteiger partial charge in [-0.2, -0.15) is 9.11 Å². The highest BCUT2D eigenvalue weighted by atomic mass is 35.5. The van der Waals surface area contributed by atoms with Crippen molar-refractivity contribution in [2.24, 2.45) is 0 Å². The Hall–Kier alpha value is -4.77. The Kier molecular flexibility index (Phi) is 13.1. The summed E-state index contributed by atoms with van der Waals surface area (Å²) in [5.41, 5.74) is 3.93. The molecular weight excluding hydrogens is 802 g/mol. The van der Waals surface area contributed by atoms with Crippen molar-refractivity contribution in [3.8, 4) is 11.5 Å². The van der Waals surface area contributed by atoms with Gasteiger partial charge in [0.2, 0.25) is 5.82 Å². The van der Waals surface area contributed by atoms with Crippen molar-refractivity contribution in [3.05, 3.63) is 122 Å². The Bertz CT molecular complexity index is 2210. The lowest BCUT2D eigenvalue weighted by molar-refractivity contribution is -0.384. The quantitative estimate of drug-likeness (QED) is 0.0820. The van der Waals surface area contributed by atoms with Crippen molar-refractivity contribution in [1.82, 2.24) is 14.5 Å². The summed E-state index contributed by atoms with van der Waals surface area (Å²) in [6, 6.07) is 20.3. The van der Waals surface area contributed by atoms with E-state index in [1.807, 2.05) is 31.3 Å². The molecule has 12 nitrogen and oxygen atoms in total. The average molecular weight is 849 g/mol. The van der Waals surface area contributed by atoms with Crippen LogP contribution in [-0.2, 0) is 16.1 Å². The van der Waals surface area contributed by atoms with Gasteiger partial charge in [-0.15, -0.1) is 0 Å². The molecule has 16 heteroatoms. The number of piperidine rings is 1. The number of piperazine rings is 1. The van der Waals surface area contributed by atoms with Crippen LogP contribution in [0.25, 0.3) is 5.57 Å². The van der Waals surface area contributed by atoms with Gasteiger partial charge >= 0.3 is 0 Å². The van der Waals surface area contributed by atoms with Gasteiger partial charge in [-0.3, -0.25) is 19.8 Å². The Morgan fingerprint density at radius 3 is 2.42 bits per heavy atom. The topological polar surface area (TPSA) is 136 Å². The zero-order valence-electron chi connectivity index (χ0n) is 33.1. The molecule has 0 aliphatic carbocycles. The molecule has 4 aromatic carbocycles. The number of anilines is 2. The molecule has 0 bridgehead atoms. The van der Waals surface area contributed by atoms with Crippen molar-refractivity contribution in [2.45, 2.75) is 49.6 Å². The smallest absolute Gasteiger partial charge is 0.297 e. The van der Waals surface area contributed by atoms with Crippen molar-refractivity contribution < 1.29 is 32.5 Å². The van der Waals surface area contributed by atoms with Crippen LogP contribution in [0.3, 0.4) is 0 Å². The number of nitro groups is 1. The molecule has 3 aliphatic heterocycles. The number of benzene rings is 4. The van der Waals surface area contributed by atoms with E-state index >= 15 is 0 Å². The van der Waals surface area contributed by atoms with Gasteiger partial charge < -0.3 is 29.1 Å². The van der Waals surface area contributed by atoms with Crippen molar-refractivity contribution in [2.75, 3.05) is 69.7 Å². The average Bonchev–Trinajstić information content (AvgIpc) is 3.21. The first-order valence-corrected chi connectivity index (χ1v) is 21.1. The summed E-state index contributed by atoms with van der Waals surface area (Å²) < 4.78 is 57.1. The third kappa shape index (κ3) is 10.3. The summed E-state index contributed by atoms with van der Waals surface area (Å²) in [6.07, 6.45) is 2.40. The Morgan fingerprint density at radius 1 is 0.983 bits per heavy atom. The monoisotopic (exact) mass is 848 g/mol. The Labute approximate surface area is 350 Å². The highest BCUT2D eigenvalue weighted by molar-refractivity contribution is 7.90. The number of amides is 1. The zero-order chi connectivity index (χ0) is 41.8. The van der Waals surface area contributed by atoms with Crippen molar-refractivity contribution in [1.29, 1.82) is 0 Å². The van der Waals surface area contributed by atoms with Crippen LogP contribution in [0.15, 0.2) is 89.3 Å². The number of hydrogen-bond donors (Lipinski definition) is 2. The lowest BCUT2D eigenvalue weighted by Gasteiger charge is -2.39. The number of carbonyl (C=O) groups is 1. The van der Waals surface area contributed by atoms with E-state index in [4.69, 9.17) is 21.1 Å². The molecule has 2 fully saturated rings. The van der Waals surface area contributed by atoms with E-state index in [2.05, 4.69) is 38.6 Å². The highest BCUT2D eigenvalue weighted by Gasteiger charge is 2.31. The number of nitrogens with zero attached hydrogens (tertiary/aromatic N) is 4. The summed E-state index contributed by atoms with van der Waals surface area (Å²) in [7, 11) is 2.02. The number of rotatable bonds is 12. The van der Waals surface area contributed by atoms with Crippen LogP contribution < -0.4 is 19.7 Å². The zero-order valence-corrected chi connectivity index (χ0v) is 34.7. The number of nitro benzene ring substituents is 1. The van der Waals surface area contributed by atoms with Crippen LogP contribution in [0.4, 0.5) is 25.8 Å². The lowest BCUT2D eigenvalue weighted by Crippen LogP contribution is -2.47. The van der Waals surface area contributed by atoms with Crippen LogP contribution in [0, 0.1) is 21.7 Å². The van der Waals surface area contributed by atoms with E-state index < -0.39 is 39.6 Å². The van der Waals surface area contributed by atoms with Crippen LogP contribution in [0.5, 0.6) is 11.5 Å². The van der Waals surface area contributed by atoms with Gasteiger partial charge in [0, 0.05) is 62.0 Å². The molecule has 59 heavy (non-hydrogen) atoms. The summed E-state index contributed by atoms with van der Waals surface area (Å²) in [4.78, 5) is 31.9. The molecule has 0 saturated carbocycles. The molecule has 7 rings (SSSR count). The van der Waals surface area contributed by atoms with Gasteiger partial charge in [0.15, 0.2) is 16.5 Å². The molecule has 1 unspecified atom stereocenters. The minimum Gasteiger partial charge on any atom is -0.588 e. The second-order valence-corrected chi connectivity index (χ2v) is 17.4.